The van der Waals surface area contributed by atoms with Crippen LogP contribution in [-0.2, 0) is 4.74 Å². The molecule has 1 saturated carbocycles. The maximum Gasteiger partial charge on any atom is 0.0593 e. The van der Waals surface area contributed by atoms with Crippen molar-refractivity contribution in [1.82, 2.24) is 4.90 Å². The Labute approximate surface area is 106 Å². The van der Waals surface area contributed by atoms with Gasteiger partial charge >= 0.3 is 0 Å². The molecule has 1 rings (SSSR count). The molecule has 16 heavy (non-hydrogen) atoms. The van der Waals surface area contributed by atoms with Crippen LogP contribution in [0, 0.1) is 5.41 Å². The molecule has 2 nitrogen and oxygen atoms in total. The average Bonchev–Trinajstić information content (AvgIpc) is 2.24. The minimum absolute atomic E-state index is 0.569. The van der Waals surface area contributed by atoms with Crippen molar-refractivity contribution in [3.63, 3.8) is 0 Å². The lowest BCUT2D eigenvalue weighted by Gasteiger charge is -2.38. The van der Waals surface area contributed by atoms with Gasteiger partial charge in [-0.25, -0.2) is 0 Å². The highest BCUT2D eigenvalue weighted by Crippen LogP contribution is 2.36. The van der Waals surface area contributed by atoms with E-state index >= 15 is 0 Å². The summed E-state index contributed by atoms with van der Waals surface area (Å²) in [6, 6.07) is 0.771. The van der Waals surface area contributed by atoms with Crippen LogP contribution in [0.3, 0.4) is 0 Å². The van der Waals surface area contributed by atoms with Crippen LogP contribution >= 0.6 is 12.6 Å². The van der Waals surface area contributed by atoms with E-state index < -0.39 is 0 Å². The van der Waals surface area contributed by atoms with E-state index in [2.05, 4.69) is 38.4 Å². The highest BCUT2D eigenvalue weighted by Gasteiger charge is 2.28. The maximum absolute atomic E-state index is 5.47. The quantitative estimate of drug-likeness (QED) is 0.571. The number of likely N-dealkylation sites (N-methyl/N-ethyl adjacent to an activating group) is 1. The van der Waals surface area contributed by atoms with Crippen LogP contribution in [0.5, 0.6) is 0 Å². The lowest BCUT2D eigenvalue weighted by atomic mass is 9.75. The number of ether oxygens (including phenoxy) is 1. The van der Waals surface area contributed by atoms with E-state index in [1.54, 1.807) is 0 Å². The predicted molar refractivity (Wildman–Crippen MR) is 73.3 cm³/mol. The van der Waals surface area contributed by atoms with Gasteiger partial charge in [-0.3, -0.25) is 0 Å². The normalized spacial score (nSPS) is 21.6. The summed E-state index contributed by atoms with van der Waals surface area (Å²) in [7, 11) is 2.23. The molecular weight excluding hydrogens is 218 g/mol. The number of hydrogen-bond donors (Lipinski definition) is 1. The van der Waals surface area contributed by atoms with Crippen LogP contribution in [0.25, 0.3) is 0 Å². The molecule has 0 amide bonds. The molecule has 0 heterocycles. The first-order valence-corrected chi connectivity index (χ1v) is 7.07. The minimum atomic E-state index is 0.569. The Morgan fingerprint density at radius 3 is 2.44 bits per heavy atom. The van der Waals surface area contributed by atoms with E-state index in [-0.39, 0.29) is 0 Å². The van der Waals surface area contributed by atoms with Crippen LogP contribution in [0.1, 0.15) is 39.5 Å². The van der Waals surface area contributed by atoms with Gasteiger partial charge in [0.05, 0.1) is 13.2 Å². The molecule has 0 N–H and O–H groups in total. The Hall–Kier alpha value is 0.270. The summed E-state index contributed by atoms with van der Waals surface area (Å²) < 4.78 is 5.47. The van der Waals surface area contributed by atoms with Crippen LogP contribution in [0.2, 0.25) is 0 Å². The monoisotopic (exact) mass is 245 g/mol. The lowest BCUT2D eigenvalue weighted by molar-refractivity contribution is 0.0814. The number of hydrogen-bond acceptors (Lipinski definition) is 3. The van der Waals surface area contributed by atoms with E-state index in [0.717, 1.165) is 31.6 Å². The Balaban J connectivity index is 2.15. The van der Waals surface area contributed by atoms with E-state index in [1.165, 1.54) is 25.7 Å². The van der Waals surface area contributed by atoms with Gasteiger partial charge in [0.1, 0.15) is 0 Å². The molecule has 0 aromatic heterocycles. The van der Waals surface area contributed by atoms with Gasteiger partial charge in [0.15, 0.2) is 0 Å². The van der Waals surface area contributed by atoms with Gasteiger partial charge in [-0.15, -0.1) is 0 Å². The molecular formula is C13H27NOS. The van der Waals surface area contributed by atoms with E-state index in [9.17, 15) is 0 Å². The van der Waals surface area contributed by atoms with Gasteiger partial charge < -0.3 is 9.64 Å². The molecule has 1 aliphatic rings. The zero-order valence-electron chi connectivity index (χ0n) is 11.0. The maximum atomic E-state index is 5.47. The molecule has 0 saturated heterocycles. The summed E-state index contributed by atoms with van der Waals surface area (Å²) in [4.78, 5) is 2.47. The lowest BCUT2D eigenvalue weighted by Crippen LogP contribution is -2.38. The first-order chi connectivity index (χ1) is 7.55. The Bertz CT molecular complexity index is 186. The third-order valence-electron chi connectivity index (χ3n) is 3.76. The first kappa shape index (κ1) is 14.3. The summed E-state index contributed by atoms with van der Waals surface area (Å²) in [6.45, 7) is 7.45. The standard InChI is InChI=1S/C13H27NOS/c1-13(2)6-4-12(5-7-13)14(3)8-9-15-10-11-16/h12,16H,4-11H2,1-3H3. The third kappa shape index (κ3) is 5.07. The second-order valence-corrected chi connectivity index (χ2v) is 6.16. The molecule has 1 aliphatic carbocycles. The van der Waals surface area contributed by atoms with Crippen LogP contribution in [-0.4, -0.2) is 43.5 Å². The molecule has 96 valence electrons. The van der Waals surface area contributed by atoms with Gasteiger partial charge in [-0.1, -0.05) is 13.8 Å². The topological polar surface area (TPSA) is 12.5 Å². The van der Waals surface area contributed by atoms with Crippen molar-refractivity contribution in [3.05, 3.63) is 0 Å². The minimum Gasteiger partial charge on any atom is -0.379 e. The molecule has 0 aromatic rings. The van der Waals surface area contributed by atoms with Crippen molar-refractivity contribution < 1.29 is 4.74 Å². The molecule has 0 aliphatic heterocycles. The Kier molecular flexibility index (Phi) is 6.16. The summed E-state index contributed by atoms with van der Waals surface area (Å²) in [5.41, 5.74) is 0.569. The van der Waals surface area contributed by atoms with Crippen molar-refractivity contribution in [2.45, 2.75) is 45.6 Å². The van der Waals surface area contributed by atoms with Crippen LogP contribution < -0.4 is 0 Å². The zero-order chi connectivity index (χ0) is 12.0. The number of thiol groups is 1. The van der Waals surface area contributed by atoms with Crippen molar-refractivity contribution in [1.29, 1.82) is 0 Å². The fourth-order valence-electron chi connectivity index (χ4n) is 2.38. The highest BCUT2D eigenvalue weighted by atomic mass is 32.1. The SMILES string of the molecule is CN(CCOCCS)C1CCC(C)(C)CC1. The summed E-state index contributed by atoms with van der Waals surface area (Å²) >= 11 is 4.13. The van der Waals surface area contributed by atoms with Gasteiger partial charge in [-0.2, -0.15) is 12.6 Å². The smallest absolute Gasteiger partial charge is 0.0593 e. The largest absolute Gasteiger partial charge is 0.379 e. The predicted octanol–water partition coefficient (Wildman–Crippen LogP) is 2.83. The van der Waals surface area contributed by atoms with Gasteiger partial charge in [0.2, 0.25) is 0 Å². The third-order valence-corrected chi connectivity index (χ3v) is 3.94. The summed E-state index contributed by atoms with van der Waals surface area (Å²) in [5.74, 6) is 0.821. The van der Waals surface area contributed by atoms with E-state index in [0.29, 0.717) is 5.41 Å². The fraction of sp³-hybridized carbons (Fsp3) is 1.00. The summed E-state index contributed by atoms with van der Waals surface area (Å²) in [6.07, 6.45) is 5.41. The molecule has 0 radical (unpaired) electrons. The van der Waals surface area contributed by atoms with Crippen molar-refractivity contribution in [3.8, 4) is 0 Å². The van der Waals surface area contributed by atoms with E-state index in [1.807, 2.05) is 0 Å². The zero-order valence-corrected chi connectivity index (χ0v) is 11.9. The molecule has 0 bridgehead atoms. The van der Waals surface area contributed by atoms with Gasteiger partial charge in [0.25, 0.3) is 0 Å². The number of nitrogens with zero attached hydrogens (tertiary/aromatic N) is 1. The molecule has 0 spiro atoms. The first-order valence-electron chi connectivity index (χ1n) is 6.44. The second kappa shape index (κ2) is 6.87. The average molecular weight is 245 g/mol. The van der Waals surface area contributed by atoms with Crippen LogP contribution in [0.15, 0.2) is 0 Å². The van der Waals surface area contributed by atoms with Gasteiger partial charge in [-0.05, 0) is 38.1 Å². The molecule has 0 aromatic carbocycles. The molecule has 0 atom stereocenters. The summed E-state index contributed by atoms with van der Waals surface area (Å²) in [5, 5.41) is 0. The van der Waals surface area contributed by atoms with Crippen molar-refractivity contribution >= 4 is 12.6 Å². The fourth-order valence-corrected chi connectivity index (χ4v) is 2.51. The molecule has 1 fully saturated rings. The molecule has 0 unspecified atom stereocenters. The van der Waals surface area contributed by atoms with E-state index in [4.69, 9.17) is 4.74 Å². The Morgan fingerprint density at radius 2 is 1.88 bits per heavy atom. The van der Waals surface area contributed by atoms with Crippen molar-refractivity contribution in [2.24, 2.45) is 5.41 Å². The number of rotatable bonds is 6. The van der Waals surface area contributed by atoms with Crippen molar-refractivity contribution in [2.75, 3.05) is 32.6 Å². The Morgan fingerprint density at radius 1 is 1.25 bits per heavy atom. The highest BCUT2D eigenvalue weighted by molar-refractivity contribution is 7.80. The van der Waals surface area contributed by atoms with Gasteiger partial charge in [0, 0.05) is 18.3 Å². The molecule has 3 heteroatoms. The van der Waals surface area contributed by atoms with Crippen LogP contribution in [0.4, 0.5) is 0 Å². The second-order valence-electron chi connectivity index (χ2n) is 5.71.